The summed E-state index contributed by atoms with van der Waals surface area (Å²) in [7, 11) is 0. The van der Waals surface area contributed by atoms with Crippen LogP contribution >= 0.6 is 0 Å². The largest absolute Gasteiger partial charge is 0.505 e. The quantitative estimate of drug-likeness (QED) is 0.697. The Morgan fingerprint density at radius 3 is 3.00 bits per heavy atom. The van der Waals surface area contributed by atoms with Gasteiger partial charge in [-0.2, -0.15) is 0 Å². The third-order valence-corrected chi connectivity index (χ3v) is 2.31. The first-order valence-electron chi connectivity index (χ1n) is 4.67. The van der Waals surface area contributed by atoms with E-state index in [0.717, 1.165) is 0 Å². The van der Waals surface area contributed by atoms with Crippen molar-refractivity contribution in [3.63, 3.8) is 0 Å². The number of hydrogen-bond acceptors (Lipinski definition) is 5. The van der Waals surface area contributed by atoms with Crippen LogP contribution in [0.15, 0.2) is 22.9 Å². The van der Waals surface area contributed by atoms with Gasteiger partial charge in [0.25, 0.3) is 0 Å². The molecule has 1 unspecified atom stereocenters. The second-order valence-electron chi connectivity index (χ2n) is 3.30. The van der Waals surface area contributed by atoms with Crippen LogP contribution in [0.25, 0.3) is 11.1 Å². The fraction of sp³-hybridized carbons (Fsp3) is 0.300. The van der Waals surface area contributed by atoms with E-state index < -0.39 is 6.10 Å². The van der Waals surface area contributed by atoms with Crippen LogP contribution in [-0.2, 0) is 0 Å². The highest BCUT2D eigenvalue weighted by atomic mass is 16.3. The monoisotopic (exact) mass is 208 g/mol. The molecule has 0 fully saturated rings. The predicted octanol–water partition coefficient (Wildman–Crippen LogP) is 0.916. The highest BCUT2D eigenvalue weighted by molar-refractivity contribution is 5.80. The van der Waals surface area contributed by atoms with Gasteiger partial charge in [0, 0.05) is 5.56 Å². The van der Waals surface area contributed by atoms with Crippen molar-refractivity contribution in [1.29, 1.82) is 0 Å². The number of hydrogen-bond donors (Lipinski definition) is 3. The average Bonchev–Trinajstić information content (AvgIpc) is 2.67. The fourth-order valence-electron chi connectivity index (χ4n) is 1.51. The number of phenolic OH excluding ortho intramolecular Hbond substituents is 1. The minimum absolute atomic E-state index is 0.0396. The molecule has 0 saturated heterocycles. The number of rotatable bonds is 3. The van der Waals surface area contributed by atoms with E-state index in [4.69, 9.17) is 10.2 Å². The highest BCUT2D eigenvalue weighted by Gasteiger charge is 2.15. The van der Waals surface area contributed by atoms with E-state index in [9.17, 15) is 10.2 Å². The molecule has 4 N–H and O–H groups in total. The van der Waals surface area contributed by atoms with Crippen molar-refractivity contribution < 1.29 is 14.6 Å². The molecule has 1 heterocycles. The summed E-state index contributed by atoms with van der Waals surface area (Å²) in [4.78, 5) is 3.86. The van der Waals surface area contributed by atoms with Gasteiger partial charge in [0.1, 0.15) is 0 Å². The van der Waals surface area contributed by atoms with E-state index >= 15 is 0 Å². The Hall–Kier alpha value is -1.59. The first-order chi connectivity index (χ1) is 7.24. The molecule has 0 spiro atoms. The average molecular weight is 208 g/mol. The Morgan fingerprint density at radius 1 is 1.47 bits per heavy atom. The van der Waals surface area contributed by atoms with Crippen LogP contribution in [0.5, 0.6) is 5.75 Å². The number of oxazole rings is 1. The lowest BCUT2D eigenvalue weighted by molar-refractivity contribution is 0.167. The van der Waals surface area contributed by atoms with Crippen LogP contribution in [0, 0.1) is 0 Å². The molecule has 0 aliphatic heterocycles. The van der Waals surface area contributed by atoms with Gasteiger partial charge < -0.3 is 20.4 Å². The minimum Gasteiger partial charge on any atom is -0.505 e. The van der Waals surface area contributed by atoms with Gasteiger partial charge in [-0.1, -0.05) is 0 Å². The van der Waals surface area contributed by atoms with Crippen molar-refractivity contribution >= 4 is 11.1 Å². The van der Waals surface area contributed by atoms with Gasteiger partial charge in [-0.15, -0.1) is 0 Å². The van der Waals surface area contributed by atoms with Gasteiger partial charge in [-0.05, 0) is 25.1 Å². The Kier molecular flexibility index (Phi) is 2.57. The summed E-state index contributed by atoms with van der Waals surface area (Å²) in [6.07, 6.45) is 0.886. The van der Waals surface area contributed by atoms with Crippen LogP contribution in [0.1, 0.15) is 18.1 Å². The smallest absolute Gasteiger partial charge is 0.182 e. The van der Waals surface area contributed by atoms with Crippen LogP contribution in [-0.4, -0.2) is 21.7 Å². The van der Waals surface area contributed by atoms with Crippen molar-refractivity contribution in [2.45, 2.75) is 12.5 Å². The van der Waals surface area contributed by atoms with Crippen LogP contribution in [0.4, 0.5) is 0 Å². The molecule has 0 saturated carbocycles. The zero-order valence-electron chi connectivity index (χ0n) is 8.05. The van der Waals surface area contributed by atoms with E-state index in [1.165, 1.54) is 6.39 Å². The van der Waals surface area contributed by atoms with Gasteiger partial charge >= 0.3 is 0 Å². The van der Waals surface area contributed by atoms with E-state index in [1.807, 2.05) is 0 Å². The lowest BCUT2D eigenvalue weighted by Crippen LogP contribution is -2.06. The zero-order chi connectivity index (χ0) is 10.8. The standard InChI is InChI=1S/C10H12N2O3/c11-4-3-7(13)6-1-2-8-9(10(6)14)12-5-15-8/h1-2,5,7,13-14H,3-4,11H2. The molecule has 2 rings (SSSR count). The Labute approximate surface area is 86.2 Å². The second-order valence-corrected chi connectivity index (χ2v) is 3.30. The number of aliphatic hydroxyl groups is 1. The van der Waals surface area contributed by atoms with Gasteiger partial charge in [-0.3, -0.25) is 0 Å². The SMILES string of the molecule is NCCC(O)c1ccc2ocnc2c1O. The molecule has 5 nitrogen and oxygen atoms in total. The summed E-state index contributed by atoms with van der Waals surface area (Å²) >= 11 is 0. The molecular formula is C10H12N2O3. The maximum Gasteiger partial charge on any atom is 0.182 e. The number of benzene rings is 1. The molecule has 80 valence electrons. The molecule has 1 aromatic heterocycles. The number of nitrogens with zero attached hydrogens (tertiary/aromatic N) is 1. The molecule has 0 amide bonds. The topological polar surface area (TPSA) is 92.5 Å². The van der Waals surface area contributed by atoms with Crippen LogP contribution < -0.4 is 5.73 Å². The molecule has 0 bridgehead atoms. The lowest BCUT2D eigenvalue weighted by atomic mass is 10.0. The van der Waals surface area contributed by atoms with E-state index in [1.54, 1.807) is 12.1 Å². The van der Waals surface area contributed by atoms with Crippen molar-refractivity contribution in [1.82, 2.24) is 4.98 Å². The molecule has 2 aromatic rings. The van der Waals surface area contributed by atoms with Crippen LogP contribution in [0.2, 0.25) is 0 Å². The summed E-state index contributed by atoms with van der Waals surface area (Å²) in [5.74, 6) is -0.0396. The third-order valence-electron chi connectivity index (χ3n) is 2.31. The molecule has 0 aliphatic carbocycles. The maximum absolute atomic E-state index is 9.81. The van der Waals surface area contributed by atoms with Crippen LogP contribution in [0.3, 0.4) is 0 Å². The summed E-state index contributed by atoms with van der Waals surface area (Å²) < 4.78 is 5.02. The first-order valence-corrected chi connectivity index (χ1v) is 4.67. The van der Waals surface area contributed by atoms with Crippen molar-refractivity contribution in [3.05, 3.63) is 24.1 Å². The summed E-state index contributed by atoms with van der Waals surface area (Å²) in [6.45, 7) is 0.359. The Balaban J connectivity index is 2.47. The number of aromatic nitrogens is 1. The Morgan fingerprint density at radius 2 is 2.27 bits per heavy atom. The van der Waals surface area contributed by atoms with Crippen molar-refractivity contribution in [2.75, 3.05) is 6.54 Å². The summed E-state index contributed by atoms with van der Waals surface area (Å²) in [5, 5.41) is 19.5. The molecule has 0 radical (unpaired) electrons. The van der Waals surface area contributed by atoms with E-state index in [-0.39, 0.29) is 5.75 Å². The lowest BCUT2D eigenvalue weighted by Gasteiger charge is -2.10. The number of nitrogens with two attached hydrogens (primary N) is 1. The second kappa shape index (κ2) is 3.88. The van der Waals surface area contributed by atoms with E-state index in [2.05, 4.69) is 4.98 Å². The van der Waals surface area contributed by atoms with Crippen molar-refractivity contribution in [3.8, 4) is 5.75 Å². The third kappa shape index (κ3) is 1.67. The summed E-state index contributed by atoms with van der Waals surface area (Å²) in [5.41, 5.74) is 6.63. The van der Waals surface area contributed by atoms with Gasteiger partial charge in [0.15, 0.2) is 23.2 Å². The molecule has 15 heavy (non-hydrogen) atoms. The van der Waals surface area contributed by atoms with E-state index in [0.29, 0.717) is 29.6 Å². The number of aromatic hydroxyl groups is 1. The molecular weight excluding hydrogens is 196 g/mol. The molecule has 0 aliphatic rings. The molecule has 5 heteroatoms. The number of fused-ring (bicyclic) bond motifs is 1. The summed E-state index contributed by atoms with van der Waals surface area (Å²) in [6, 6.07) is 3.28. The fourth-order valence-corrected chi connectivity index (χ4v) is 1.51. The predicted molar refractivity (Wildman–Crippen MR) is 54.3 cm³/mol. The molecule has 1 aromatic carbocycles. The Bertz CT molecular complexity index is 467. The first kappa shape index (κ1) is 9.95. The minimum atomic E-state index is -0.768. The molecule has 1 atom stereocenters. The maximum atomic E-state index is 9.81. The highest BCUT2D eigenvalue weighted by Crippen LogP contribution is 2.32. The number of phenols is 1. The van der Waals surface area contributed by atoms with Gasteiger partial charge in [0.2, 0.25) is 0 Å². The number of aliphatic hydroxyl groups excluding tert-OH is 1. The normalized spacial score (nSPS) is 13.2. The van der Waals surface area contributed by atoms with Crippen molar-refractivity contribution in [2.24, 2.45) is 5.73 Å². The van der Waals surface area contributed by atoms with Gasteiger partial charge in [0.05, 0.1) is 6.10 Å². The van der Waals surface area contributed by atoms with Gasteiger partial charge in [-0.25, -0.2) is 4.98 Å². The zero-order valence-corrected chi connectivity index (χ0v) is 8.05.